The van der Waals surface area contributed by atoms with Crippen molar-refractivity contribution in [3.05, 3.63) is 29.3 Å². The van der Waals surface area contributed by atoms with Gasteiger partial charge in [-0.2, -0.15) is 0 Å². The average molecular weight is 280 g/mol. The number of hydrogen-bond acceptors (Lipinski definition) is 3. The molecule has 1 N–H and O–H groups in total. The lowest BCUT2D eigenvalue weighted by Gasteiger charge is -2.13. The smallest absolute Gasteiger partial charge is 0.138 e. The number of nitrogens with one attached hydrogen (secondary N) is 1. The van der Waals surface area contributed by atoms with Crippen molar-refractivity contribution < 1.29 is 4.74 Å². The molecule has 0 amide bonds. The molecule has 0 fully saturated rings. The molecule has 0 atom stereocenters. The Morgan fingerprint density at radius 1 is 1.32 bits per heavy atom. The van der Waals surface area contributed by atoms with Gasteiger partial charge in [-0.05, 0) is 58.1 Å². The van der Waals surface area contributed by atoms with E-state index in [2.05, 4.69) is 44.2 Å². The molecule has 4 heteroatoms. The van der Waals surface area contributed by atoms with Crippen LogP contribution in [0.15, 0.2) is 18.2 Å². The second-order valence-electron chi connectivity index (χ2n) is 4.99. The van der Waals surface area contributed by atoms with Crippen LogP contribution < -0.4 is 10.1 Å². The highest BCUT2D eigenvalue weighted by Crippen LogP contribution is 2.20. The summed E-state index contributed by atoms with van der Waals surface area (Å²) < 4.78 is 5.74. The summed E-state index contributed by atoms with van der Waals surface area (Å²) in [5.41, 5.74) is 2.42. The van der Waals surface area contributed by atoms with E-state index in [4.69, 9.17) is 17.0 Å². The monoisotopic (exact) mass is 280 g/mol. The maximum absolute atomic E-state index is 5.74. The van der Waals surface area contributed by atoms with Crippen LogP contribution in [-0.2, 0) is 0 Å². The zero-order valence-corrected chi connectivity index (χ0v) is 13.1. The van der Waals surface area contributed by atoms with Crippen molar-refractivity contribution in [1.82, 2.24) is 10.2 Å². The summed E-state index contributed by atoms with van der Waals surface area (Å²) in [5, 5.41) is 3.22. The first-order valence-electron chi connectivity index (χ1n) is 6.61. The highest BCUT2D eigenvalue weighted by molar-refractivity contribution is 7.80. The third kappa shape index (κ3) is 6.03. The molecule has 19 heavy (non-hydrogen) atoms. The Morgan fingerprint density at radius 3 is 2.74 bits per heavy atom. The van der Waals surface area contributed by atoms with Gasteiger partial charge in [0.25, 0.3) is 0 Å². The molecular weight excluding hydrogens is 256 g/mol. The van der Waals surface area contributed by atoms with Crippen LogP contribution >= 0.6 is 12.2 Å². The van der Waals surface area contributed by atoms with E-state index in [-0.39, 0.29) is 0 Å². The van der Waals surface area contributed by atoms with Crippen LogP contribution in [0, 0.1) is 13.8 Å². The van der Waals surface area contributed by atoms with E-state index in [1.54, 1.807) is 0 Å². The Hall–Kier alpha value is -1.13. The summed E-state index contributed by atoms with van der Waals surface area (Å²) in [6, 6.07) is 6.07. The molecule has 0 saturated heterocycles. The van der Waals surface area contributed by atoms with Crippen molar-refractivity contribution in [3.63, 3.8) is 0 Å². The largest absolute Gasteiger partial charge is 0.486 e. The molecule has 0 aliphatic carbocycles. The molecule has 0 aromatic heterocycles. The molecule has 0 bridgehead atoms. The molecule has 1 aromatic rings. The van der Waals surface area contributed by atoms with Gasteiger partial charge in [-0.15, -0.1) is 0 Å². The van der Waals surface area contributed by atoms with Crippen LogP contribution in [0.3, 0.4) is 0 Å². The minimum absolute atomic E-state index is 0.446. The van der Waals surface area contributed by atoms with Gasteiger partial charge in [-0.3, -0.25) is 0 Å². The Bertz CT molecular complexity index is 419. The maximum Gasteiger partial charge on any atom is 0.138 e. The quantitative estimate of drug-likeness (QED) is 0.613. The molecule has 0 spiro atoms. The van der Waals surface area contributed by atoms with E-state index in [9.17, 15) is 0 Å². The summed E-state index contributed by atoms with van der Waals surface area (Å²) in [7, 11) is 4.14. The first kappa shape index (κ1) is 15.9. The van der Waals surface area contributed by atoms with Gasteiger partial charge in [-0.1, -0.05) is 24.4 Å². The molecule has 0 aliphatic rings. The van der Waals surface area contributed by atoms with Crippen LogP contribution in [0.5, 0.6) is 5.75 Å². The maximum atomic E-state index is 5.74. The van der Waals surface area contributed by atoms with E-state index >= 15 is 0 Å². The molecule has 106 valence electrons. The fraction of sp³-hybridized carbons (Fsp3) is 0.533. The number of benzene rings is 1. The SMILES string of the molecule is Cc1cccc(OCC(=S)NCCCN(C)C)c1C. The van der Waals surface area contributed by atoms with E-state index < -0.39 is 0 Å². The standard InChI is InChI=1S/C15H24N2OS/c1-12-7-5-8-14(13(12)2)18-11-15(19)16-9-6-10-17(3)4/h5,7-8H,6,9-11H2,1-4H3,(H,16,19). The summed E-state index contributed by atoms with van der Waals surface area (Å²) >= 11 is 5.26. The number of hydrogen-bond donors (Lipinski definition) is 1. The second-order valence-corrected chi connectivity index (χ2v) is 5.49. The van der Waals surface area contributed by atoms with Crippen molar-refractivity contribution in [2.24, 2.45) is 0 Å². The van der Waals surface area contributed by atoms with Gasteiger partial charge < -0.3 is 15.0 Å². The van der Waals surface area contributed by atoms with E-state index in [1.807, 2.05) is 12.1 Å². The molecule has 0 heterocycles. The molecule has 0 saturated carbocycles. The van der Waals surface area contributed by atoms with Crippen molar-refractivity contribution in [2.75, 3.05) is 33.8 Å². The van der Waals surface area contributed by atoms with Crippen molar-refractivity contribution >= 4 is 17.2 Å². The fourth-order valence-electron chi connectivity index (χ4n) is 1.70. The molecular formula is C15H24N2OS. The van der Waals surface area contributed by atoms with Crippen LogP contribution in [0.2, 0.25) is 0 Å². The summed E-state index contributed by atoms with van der Waals surface area (Å²) in [4.78, 5) is 2.93. The second kappa shape index (κ2) is 8.12. The van der Waals surface area contributed by atoms with Crippen LogP contribution in [0.4, 0.5) is 0 Å². The Morgan fingerprint density at radius 2 is 2.05 bits per heavy atom. The lowest BCUT2D eigenvalue weighted by atomic mass is 10.1. The van der Waals surface area contributed by atoms with Gasteiger partial charge in [-0.25, -0.2) is 0 Å². The third-order valence-corrected chi connectivity index (χ3v) is 3.28. The van der Waals surface area contributed by atoms with E-state index in [0.717, 1.165) is 30.2 Å². The number of rotatable bonds is 7. The minimum atomic E-state index is 0.446. The van der Waals surface area contributed by atoms with E-state index in [1.165, 1.54) is 11.1 Å². The first-order chi connectivity index (χ1) is 9.00. The lowest BCUT2D eigenvalue weighted by molar-refractivity contribution is 0.369. The first-order valence-corrected chi connectivity index (χ1v) is 7.02. The van der Waals surface area contributed by atoms with Gasteiger partial charge >= 0.3 is 0 Å². The molecule has 0 aliphatic heterocycles. The number of ether oxygens (including phenoxy) is 1. The molecule has 0 radical (unpaired) electrons. The Balaban J connectivity index is 2.28. The van der Waals surface area contributed by atoms with E-state index in [0.29, 0.717) is 6.61 Å². The number of nitrogens with zero attached hydrogens (tertiary/aromatic N) is 1. The predicted octanol–water partition coefficient (Wildman–Crippen LogP) is 2.55. The van der Waals surface area contributed by atoms with Crippen LogP contribution in [-0.4, -0.2) is 43.7 Å². The Kier molecular flexibility index (Phi) is 6.81. The van der Waals surface area contributed by atoms with Crippen molar-refractivity contribution in [2.45, 2.75) is 20.3 Å². The van der Waals surface area contributed by atoms with Gasteiger partial charge in [0.2, 0.25) is 0 Å². The highest BCUT2D eigenvalue weighted by Gasteiger charge is 2.03. The predicted molar refractivity (Wildman–Crippen MR) is 85.2 cm³/mol. The number of aryl methyl sites for hydroxylation is 1. The normalized spacial score (nSPS) is 10.6. The molecule has 1 rings (SSSR count). The highest BCUT2D eigenvalue weighted by atomic mass is 32.1. The minimum Gasteiger partial charge on any atom is -0.486 e. The molecule has 3 nitrogen and oxygen atoms in total. The molecule has 0 unspecified atom stereocenters. The van der Waals surface area contributed by atoms with Crippen molar-refractivity contribution in [3.8, 4) is 5.75 Å². The zero-order valence-electron chi connectivity index (χ0n) is 12.3. The summed E-state index contributed by atoms with van der Waals surface area (Å²) in [6.07, 6.45) is 1.08. The Labute approximate surface area is 121 Å². The van der Waals surface area contributed by atoms with Gasteiger partial charge in [0.05, 0.1) is 0 Å². The zero-order chi connectivity index (χ0) is 14.3. The summed E-state index contributed by atoms with van der Waals surface area (Å²) in [6.45, 7) is 6.56. The van der Waals surface area contributed by atoms with Gasteiger partial charge in [0, 0.05) is 6.54 Å². The van der Waals surface area contributed by atoms with Gasteiger partial charge in [0.15, 0.2) is 0 Å². The third-order valence-electron chi connectivity index (χ3n) is 3.02. The van der Waals surface area contributed by atoms with Gasteiger partial charge in [0.1, 0.15) is 17.3 Å². The van der Waals surface area contributed by atoms with Crippen LogP contribution in [0.25, 0.3) is 0 Å². The lowest BCUT2D eigenvalue weighted by Crippen LogP contribution is -2.29. The fourth-order valence-corrected chi connectivity index (χ4v) is 1.86. The van der Waals surface area contributed by atoms with Crippen LogP contribution in [0.1, 0.15) is 17.5 Å². The summed E-state index contributed by atoms with van der Waals surface area (Å²) in [5.74, 6) is 0.914. The average Bonchev–Trinajstić information content (AvgIpc) is 2.36. The topological polar surface area (TPSA) is 24.5 Å². The number of thiocarbonyl (C=S) groups is 1. The van der Waals surface area contributed by atoms with Crippen molar-refractivity contribution in [1.29, 1.82) is 0 Å². The molecule has 1 aromatic carbocycles.